The van der Waals surface area contributed by atoms with Gasteiger partial charge in [0.1, 0.15) is 5.82 Å². The quantitative estimate of drug-likeness (QED) is 0.753. The van der Waals surface area contributed by atoms with Crippen molar-refractivity contribution in [1.29, 1.82) is 0 Å². The van der Waals surface area contributed by atoms with Crippen molar-refractivity contribution in [2.45, 2.75) is 20.4 Å². The van der Waals surface area contributed by atoms with Gasteiger partial charge in [0.2, 0.25) is 0 Å². The number of esters is 1. The SMILES string of the molecule is CCN(Cc1c(F)cccc1Cl)CC(C)C(=O)OC. The summed E-state index contributed by atoms with van der Waals surface area (Å²) in [6, 6.07) is 4.63. The molecule has 1 unspecified atom stereocenters. The van der Waals surface area contributed by atoms with Crippen LogP contribution >= 0.6 is 11.6 Å². The molecule has 106 valence electrons. The van der Waals surface area contributed by atoms with Gasteiger partial charge in [-0.1, -0.05) is 31.5 Å². The normalized spacial score (nSPS) is 12.5. The zero-order valence-corrected chi connectivity index (χ0v) is 12.2. The zero-order chi connectivity index (χ0) is 14.4. The molecule has 5 heteroatoms. The van der Waals surface area contributed by atoms with Crippen molar-refractivity contribution in [1.82, 2.24) is 4.90 Å². The molecule has 0 heterocycles. The van der Waals surface area contributed by atoms with E-state index in [4.69, 9.17) is 11.6 Å². The molecular formula is C14H19ClFNO2. The first-order valence-electron chi connectivity index (χ1n) is 6.22. The summed E-state index contributed by atoms with van der Waals surface area (Å²) in [5.41, 5.74) is 0.461. The molecule has 0 radical (unpaired) electrons. The fourth-order valence-corrected chi connectivity index (χ4v) is 2.10. The Balaban J connectivity index is 2.74. The van der Waals surface area contributed by atoms with Crippen molar-refractivity contribution in [2.75, 3.05) is 20.2 Å². The first-order valence-corrected chi connectivity index (χ1v) is 6.60. The van der Waals surface area contributed by atoms with Gasteiger partial charge in [0.05, 0.1) is 13.0 Å². The van der Waals surface area contributed by atoms with Gasteiger partial charge < -0.3 is 4.74 Å². The second-order valence-corrected chi connectivity index (χ2v) is 4.86. The summed E-state index contributed by atoms with van der Waals surface area (Å²) in [7, 11) is 1.36. The third-order valence-corrected chi connectivity index (χ3v) is 3.38. The first-order chi connectivity index (χ1) is 8.99. The minimum atomic E-state index is -0.323. The molecule has 1 aromatic carbocycles. The van der Waals surface area contributed by atoms with Crippen molar-refractivity contribution < 1.29 is 13.9 Å². The molecule has 0 aromatic heterocycles. The smallest absolute Gasteiger partial charge is 0.309 e. The summed E-state index contributed by atoms with van der Waals surface area (Å²) >= 11 is 6.00. The van der Waals surface area contributed by atoms with Crippen LogP contribution in [0.4, 0.5) is 4.39 Å². The predicted molar refractivity (Wildman–Crippen MR) is 73.5 cm³/mol. The average molecular weight is 288 g/mol. The van der Waals surface area contributed by atoms with Crippen molar-refractivity contribution in [2.24, 2.45) is 5.92 Å². The lowest BCUT2D eigenvalue weighted by atomic mass is 10.1. The minimum absolute atomic E-state index is 0.254. The molecule has 0 aliphatic heterocycles. The van der Waals surface area contributed by atoms with Crippen molar-refractivity contribution in [3.8, 4) is 0 Å². The van der Waals surface area contributed by atoms with E-state index in [0.717, 1.165) is 0 Å². The van der Waals surface area contributed by atoms with Crippen LogP contribution in [0, 0.1) is 11.7 Å². The van der Waals surface area contributed by atoms with E-state index in [0.29, 0.717) is 30.2 Å². The largest absolute Gasteiger partial charge is 0.469 e. The Labute approximate surface area is 118 Å². The maximum absolute atomic E-state index is 13.7. The van der Waals surface area contributed by atoms with Crippen LogP contribution in [-0.2, 0) is 16.1 Å². The molecule has 0 saturated carbocycles. The van der Waals surface area contributed by atoms with Crippen LogP contribution in [0.2, 0.25) is 5.02 Å². The number of benzene rings is 1. The van der Waals surface area contributed by atoms with Crippen LogP contribution < -0.4 is 0 Å². The van der Waals surface area contributed by atoms with E-state index in [1.165, 1.54) is 13.2 Å². The van der Waals surface area contributed by atoms with Crippen LogP contribution in [0.3, 0.4) is 0 Å². The summed E-state index contributed by atoms with van der Waals surface area (Å²) in [6.07, 6.45) is 0. The summed E-state index contributed by atoms with van der Waals surface area (Å²) in [5.74, 6) is -0.842. The van der Waals surface area contributed by atoms with E-state index < -0.39 is 0 Å². The lowest BCUT2D eigenvalue weighted by Gasteiger charge is -2.23. The molecule has 1 rings (SSSR count). The minimum Gasteiger partial charge on any atom is -0.469 e. The molecule has 0 amide bonds. The van der Waals surface area contributed by atoms with E-state index in [-0.39, 0.29) is 17.7 Å². The molecule has 0 aliphatic carbocycles. The summed E-state index contributed by atoms with van der Waals surface area (Å²) < 4.78 is 18.4. The molecule has 0 aliphatic rings. The van der Waals surface area contributed by atoms with E-state index in [1.807, 2.05) is 11.8 Å². The molecule has 0 spiro atoms. The van der Waals surface area contributed by atoms with Crippen molar-refractivity contribution in [3.63, 3.8) is 0 Å². The highest BCUT2D eigenvalue weighted by molar-refractivity contribution is 6.31. The van der Waals surface area contributed by atoms with Crippen LogP contribution in [0.25, 0.3) is 0 Å². The van der Waals surface area contributed by atoms with Gasteiger partial charge in [-0.2, -0.15) is 0 Å². The van der Waals surface area contributed by atoms with Crippen LogP contribution in [-0.4, -0.2) is 31.1 Å². The number of ether oxygens (including phenoxy) is 1. The molecule has 19 heavy (non-hydrogen) atoms. The fraction of sp³-hybridized carbons (Fsp3) is 0.500. The van der Waals surface area contributed by atoms with Gasteiger partial charge in [0.15, 0.2) is 0 Å². The zero-order valence-electron chi connectivity index (χ0n) is 11.5. The second-order valence-electron chi connectivity index (χ2n) is 4.45. The highest BCUT2D eigenvalue weighted by Crippen LogP contribution is 2.21. The monoisotopic (exact) mass is 287 g/mol. The molecule has 0 N–H and O–H groups in total. The molecule has 3 nitrogen and oxygen atoms in total. The number of halogens is 2. The number of hydrogen-bond acceptors (Lipinski definition) is 3. The molecule has 0 fully saturated rings. The highest BCUT2D eigenvalue weighted by Gasteiger charge is 2.18. The molecule has 0 bridgehead atoms. The Hall–Kier alpha value is -1.13. The highest BCUT2D eigenvalue weighted by atomic mass is 35.5. The summed E-state index contributed by atoms with van der Waals surface area (Å²) in [4.78, 5) is 13.4. The molecule has 1 atom stereocenters. The Bertz CT molecular complexity index is 419. The lowest BCUT2D eigenvalue weighted by Crippen LogP contribution is -2.32. The van der Waals surface area contributed by atoms with Gasteiger partial charge in [-0.25, -0.2) is 4.39 Å². The molecule has 0 saturated heterocycles. The standard InChI is InChI=1S/C14H19ClFNO2/c1-4-17(8-10(2)14(18)19-3)9-11-12(15)6-5-7-13(11)16/h5-7,10H,4,8-9H2,1-3H3. The Kier molecular flexibility index (Phi) is 6.25. The number of carbonyl (C=O) groups excluding carboxylic acids is 1. The summed E-state index contributed by atoms with van der Waals surface area (Å²) in [6.45, 7) is 5.33. The van der Waals surface area contributed by atoms with Gasteiger partial charge in [-0.15, -0.1) is 0 Å². The Morgan fingerprint density at radius 1 is 1.53 bits per heavy atom. The fourth-order valence-electron chi connectivity index (χ4n) is 1.88. The Morgan fingerprint density at radius 3 is 2.74 bits per heavy atom. The van der Waals surface area contributed by atoms with Crippen LogP contribution in [0.1, 0.15) is 19.4 Å². The van der Waals surface area contributed by atoms with Gasteiger partial charge >= 0.3 is 5.97 Å². The van der Waals surface area contributed by atoms with Gasteiger partial charge in [-0.05, 0) is 18.7 Å². The Morgan fingerprint density at radius 2 is 2.21 bits per heavy atom. The maximum Gasteiger partial charge on any atom is 0.309 e. The molecular weight excluding hydrogens is 269 g/mol. The van der Waals surface area contributed by atoms with Crippen molar-refractivity contribution in [3.05, 3.63) is 34.6 Å². The number of methoxy groups -OCH3 is 1. The van der Waals surface area contributed by atoms with Gasteiger partial charge in [0.25, 0.3) is 0 Å². The van der Waals surface area contributed by atoms with E-state index in [2.05, 4.69) is 4.74 Å². The van der Waals surface area contributed by atoms with Gasteiger partial charge in [0, 0.05) is 23.7 Å². The van der Waals surface area contributed by atoms with E-state index in [1.54, 1.807) is 19.1 Å². The number of rotatable bonds is 6. The number of carbonyl (C=O) groups is 1. The predicted octanol–water partition coefficient (Wildman–Crippen LogP) is 3.11. The summed E-state index contributed by atoms with van der Waals surface area (Å²) in [5, 5.41) is 0.407. The van der Waals surface area contributed by atoms with Gasteiger partial charge in [-0.3, -0.25) is 9.69 Å². The van der Waals surface area contributed by atoms with E-state index in [9.17, 15) is 9.18 Å². The third-order valence-electron chi connectivity index (χ3n) is 3.03. The second kappa shape index (κ2) is 7.46. The van der Waals surface area contributed by atoms with Crippen LogP contribution in [0.15, 0.2) is 18.2 Å². The number of nitrogens with zero attached hydrogens (tertiary/aromatic N) is 1. The molecule has 1 aromatic rings. The maximum atomic E-state index is 13.7. The van der Waals surface area contributed by atoms with Crippen molar-refractivity contribution >= 4 is 17.6 Å². The first kappa shape index (κ1) is 15.9. The van der Waals surface area contributed by atoms with E-state index >= 15 is 0 Å². The average Bonchev–Trinajstić information content (AvgIpc) is 2.40. The van der Waals surface area contributed by atoms with Crippen LogP contribution in [0.5, 0.6) is 0 Å². The number of hydrogen-bond donors (Lipinski definition) is 0. The topological polar surface area (TPSA) is 29.5 Å². The third kappa shape index (κ3) is 4.48. The lowest BCUT2D eigenvalue weighted by molar-refractivity contribution is -0.145.